The fourth-order valence-electron chi connectivity index (χ4n) is 0.821. The summed E-state index contributed by atoms with van der Waals surface area (Å²) in [5.41, 5.74) is 0. The highest BCUT2D eigenvalue weighted by molar-refractivity contribution is 5.81. The van der Waals surface area contributed by atoms with Crippen LogP contribution in [0.5, 0.6) is 0 Å². The highest BCUT2D eigenvalue weighted by Crippen LogP contribution is 2.07. The van der Waals surface area contributed by atoms with E-state index in [9.17, 15) is 4.79 Å². The molecule has 0 aromatic carbocycles. The molecule has 0 aliphatic heterocycles. The molecule has 0 saturated heterocycles. The molecule has 1 atom stereocenters. The van der Waals surface area contributed by atoms with Crippen LogP contribution < -0.4 is 0 Å². The maximum atomic E-state index is 11.5. The highest BCUT2D eigenvalue weighted by Gasteiger charge is 2.20. The lowest BCUT2D eigenvalue weighted by Crippen LogP contribution is -2.37. The standard InChI is InChI=1S/C9H16N2O/c1-5-8(6-10)9(12)11(4)7(2)3/h7-8H,5H2,1-4H3. The van der Waals surface area contributed by atoms with Crippen molar-refractivity contribution in [2.75, 3.05) is 7.05 Å². The largest absolute Gasteiger partial charge is 0.342 e. The maximum Gasteiger partial charge on any atom is 0.239 e. The van der Waals surface area contributed by atoms with Crippen molar-refractivity contribution in [3.8, 4) is 6.07 Å². The summed E-state index contributed by atoms with van der Waals surface area (Å²) in [6.07, 6.45) is 0.590. The number of hydrogen-bond donors (Lipinski definition) is 0. The van der Waals surface area contributed by atoms with Gasteiger partial charge in [-0.1, -0.05) is 6.92 Å². The molecule has 1 unspecified atom stereocenters. The summed E-state index contributed by atoms with van der Waals surface area (Å²) in [6.45, 7) is 5.71. The molecule has 0 fully saturated rings. The van der Waals surface area contributed by atoms with E-state index in [0.29, 0.717) is 6.42 Å². The SMILES string of the molecule is CCC(C#N)C(=O)N(C)C(C)C. The van der Waals surface area contributed by atoms with Gasteiger partial charge < -0.3 is 4.90 Å². The number of carbonyl (C=O) groups is 1. The zero-order valence-corrected chi connectivity index (χ0v) is 8.16. The van der Waals surface area contributed by atoms with Gasteiger partial charge in [0.1, 0.15) is 5.92 Å². The van der Waals surface area contributed by atoms with Crippen LogP contribution in [0.2, 0.25) is 0 Å². The first kappa shape index (κ1) is 11.0. The first-order valence-electron chi connectivity index (χ1n) is 4.20. The lowest BCUT2D eigenvalue weighted by molar-refractivity contribution is -0.133. The fourth-order valence-corrected chi connectivity index (χ4v) is 0.821. The second-order valence-electron chi connectivity index (χ2n) is 3.13. The summed E-state index contributed by atoms with van der Waals surface area (Å²) in [7, 11) is 1.73. The van der Waals surface area contributed by atoms with Gasteiger partial charge in [0.2, 0.25) is 5.91 Å². The van der Waals surface area contributed by atoms with Gasteiger partial charge in [0.25, 0.3) is 0 Å². The minimum atomic E-state index is -0.475. The first-order chi connectivity index (χ1) is 5.54. The molecule has 0 aliphatic carbocycles. The molecule has 0 spiro atoms. The Bertz CT molecular complexity index is 193. The van der Waals surface area contributed by atoms with Crippen LogP contribution in [0.25, 0.3) is 0 Å². The zero-order chi connectivity index (χ0) is 9.72. The minimum absolute atomic E-state index is 0.0741. The molecule has 0 saturated carbocycles. The molecule has 0 bridgehead atoms. The Morgan fingerprint density at radius 1 is 1.58 bits per heavy atom. The third-order valence-corrected chi connectivity index (χ3v) is 1.98. The molecule has 0 radical (unpaired) electrons. The van der Waals surface area contributed by atoms with E-state index in [2.05, 4.69) is 0 Å². The lowest BCUT2D eigenvalue weighted by Gasteiger charge is -2.23. The van der Waals surface area contributed by atoms with Gasteiger partial charge >= 0.3 is 0 Å². The van der Waals surface area contributed by atoms with Gasteiger partial charge in [-0.15, -0.1) is 0 Å². The Morgan fingerprint density at radius 3 is 2.33 bits per heavy atom. The van der Waals surface area contributed by atoms with Crippen molar-refractivity contribution >= 4 is 5.91 Å². The van der Waals surface area contributed by atoms with Gasteiger partial charge in [-0.25, -0.2) is 0 Å². The van der Waals surface area contributed by atoms with Gasteiger partial charge in [-0.05, 0) is 20.3 Å². The minimum Gasteiger partial charge on any atom is -0.342 e. The summed E-state index contributed by atoms with van der Waals surface area (Å²) in [6, 6.07) is 2.16. The molecule has 0 aromatic heterocycles. The molecule has 0 rings (SSSR count). The van der Waals surface area contributed by atoms with Crippen molar-refractivity contribution in [2.24, 2.45) is 5.92 Å². The average Bonchev–Trinajstić information content (AvgIpc) is 2.05. The highest BCUT2D eigenvalue weighted by atomic mass is 16.2. The molecule has 0 aromatic rings. The molecule has 12 heavy (non-hydrogen) atoms. The molecule has 0 heterocycles. The van der Waals surface area contributed by atoms with E-state index in [-0.39, 0.29) is 11.9 Å². The van der Waals surface area contributed by atoms with Crippen LogP contribution in [-0.2, 0) is 4.79 Å². The number of hydrogen-bond acceptors (Lipinski definition) is 2. The van der Waals surface area contributed by atoms with Crippen LogP contribution in [0.3, 0.4) is 0 Å². The first-order valence-corrected chi connectivity index (χ1v) is 4.20. The van der Waals surface area contributed by atoms with Gasteiger partial charge in [0.05, 0.1) is 6.07 Å². The second-order valence-corrected chi connectivity index (χ2v) is 3.13. The Hall–Kier alpha value is -1.04. The fraction of sp³-hybridized carbons (Fsp3) is 0.778. The van der Waals surface area contributed by atoms with Crippen LogP contribution in [0, 0.1) is 17.2 Å². The van der Waals surface area contributed by atoms with Crippen molar-refractivity contribution in [2.45, 2.75) is 33.2 Å². The quantitative estimate of drug-likeness (QED) is 0.639. The average molecular weight is 168 g/mol. The summed E-state index contributed by atoms with van der Waals surface area (Å²) >= 11 is 0. The summed E-state index contributed by atoms with van der Waals surface area (Å²) in [4.78, 5) is 13.1. The summed E-state index contributed by atoms with van der Waals surface area (Å²) in [5.74, 6) is -0.549. The van der Waals surface area contributed by atoms with E-state index in [1.165, 1.54) is 0 Å². The number of nitrogens with zero attached hydrogens (tertiary/aromatic N) is 2. The number of amides is 1. The normalized spacial score (nSPS) is 12.3. The number of rotatable bonds is 3. The Morgan fingerprint density at radius 2 is 2.08 bits per heavy atom. The van der Waals surface area contributed by atoms with Crippen molar-refractivity contribution in [1.82, 2.24) is 4.90 Å². The van der Waals surface area contributed by atoms with E-state index >= 15 is 0 Å². The zero-order valence-electron chi connectivity index (χ0n) is 8.16. The molecule has 0 N–H and O–H groups in total. The van der Waals surface area contributed by atoms with E-state index in [1.807, 2.05) is 26.8 Å². The van der Waals surface area contributed by atoms with E-state index in [1.54, 1.807) is 11.9 Å². The Balaban J connectivity index is 4.29. The molecule has 0 aliphatic rings. The van der Waals surface area contributed by atoms with E-state index < -0.39 is 5.92 Å². The van der Waals surface area contributed by atoms with Crippen LogP contribution in [0.4, 0.5) is 0 Å². The summed E-state index contributed by atoms with van der Waals surface area (Å²) in [5, 5.41) is 8.63. The topological polar surface area (TPSA) is 44.1 Å². The van der Waals surface area contributed by atoms with Crippen molar-refractivity contribution < 1.29 is 4.79 Å². The maximum absolute atomic E-state index is 11.5. The predicted octanol–water partition coefficient (Wildman–Crippen LogP) is 1.40. The molecular weight excluding hydrogens is 152 g/mol. The number of nitriles is 1. The van der Waals surface area contributed by atoms with Crippen LogP contribution in [-0.4, -0.2) is 23.9 Å². The van der Waals surface area contributed by atoms with Gasteiger partial charge in [0.15, 0.2) is 0 Å². The number of carbonyl (C=O) groups excluding carboxylic acids is 1. The Kier molecular flexibility index (Phi) is 4.35. The van der Waals surface area contributed by atoms with E-state index in [4.69, 9.17) is 5.26 Å². The third-order valence-electron chi connectivity index (χ3n) is 1.98. The third kappa shape index (κ3) is 2.54. The van der Waals surface area contributed by atoms with Crippen molar-refractivity contribution in [3.05, 3.63) is 0 Å². The van der Waals surface area contributed by atoms with Crippen LogP contribution in [0.15, 0.2) is 0 Å². The Labute approximate surface area is 74.0 Å². The molecule has 1 amide bonds. The summed E-state index contributed by atoms with van der Waals surface area (Å²) < 4.78 is 0. The van der Waals surface area contributed by atoms with Crippen LogP contribution in [0.1, 0.15) is 27.2 Å². The smallest absolute Gasteiger partial charge is 0.239 e. The monoisotopic (exact) mass is 168 g/mol. The van der Waals surface area contributed by atoms with Crippen molar-refractivity contribution in [3.63, 3.8) is 0 Å². The lowest BCUT2D eigenvalue weighted by atomic mass is 10.1. The molecular formula is C9H16N2O. The van der Waals surface area contributed by atoms with Crippen molar-refractivity contribution in [1.29, 1.82) is 5.26 Å². The van der Waals surface area contributed by atoms with Crippen LogP contribution >= 0.6 is 0 Å². The van der Waals surface area contributed by atoms with Gasteiger partial charge in [0, 0.05) is 13.1 Å². The predicted molar refractivity (Wildman–Crippen MR) is 47.3 cm³/mol. The van der Waals surface area contributed by atoms with Gasteiger partial charge in [-0.3, -0.25) is 4.79 Å². The molecule has 68 valence electrons. The molecule has 3 nitrogen and oxygen atoms in total. The van der Waals surface area contributed by atoms with Gasteiger partial charge in [-0.2, -0.15) is 5.26 Å². The second kappa shape index (κ2) is 4.76. The van der Waals surface area contributed by atoms with E-state index in [0.717, 1.165) is 0 Å². The molecule has 3 heteroatoms.